The maximum absolute atomic E-state index is 11.0. The van der Waals surface area contributed by atoms with Gasteiger partial charge in [-0.3, -0.25) is 9.63 Å². The van der Waals surface area contributed by atoms with Crippen LogP contribution in [-0.4, -0.2) is 24.6 Å². The van der Waals surface area contributed by atoms with Crippen molar-refractivity contribution >= 4 is 5.91 Å². The van der Waals surface area contributed by atoms with Crippen molar-refractivity contribution in [2.45, 2.75) is 20.3 Å². The van der Waals surface area contributed by atoms with E-state index in [0.29, 0.717) is 6.61 Å². The van der Waals surface area contributed by atoms with Gasteiger partial charge < -0.3 is 0 Å². The minimum absolute atomic E-state index is 0.124. The van der Waals surface area contributed by atoms with E-state index in [2.05, 4.69) is 0 Å². The monoisotopic (exact) mass is 157 g/mol. The molecular formula is C8H15NO2. The lowest BCUT2D eigenvalue weighted by atomic mass is 10.5. The molecule has 11 heavy (non-hydrogen) atoms. The van der Waals surface area contributed by atoms with Crippen LogP contribution in [-0.2, 0) is 9.63 Å². The molecule has 1 amide bonds. The lowest BCUT2D eigenvalue weighted by Gasteiger charge is -2.13. The van der Waals surface area contributed by atoms with E-state index in [-0.39, 0.29) is 5.91 Å². The lowest BCUT2D eigenvalue weighted by molar-refractivity contribution is -0.172. The zero-order chi connectivity index (χ0) is 8.69. The van der Waals surface area contributed by atoms with Crippen molar-refractivity contribution in [1.29, 1.82) is 0 Å². The summed E-state index contributed by atoms with van der Waals surface area (Å²) in [5.74, 6) is -0.124. The summed E-state index contributed by atoms with van der Waals surface area (Å²) in [6.07, 6.45) is 4.07. The highest BCUT2D eigenvalue weighted by Gasteiger charge is 2.02. The predicted molar refractivity (Wildman–Crippen MR) is 43.8 cm³/mol. The molecule has 0 atom stereocenters. The molecule has 0 aromatic rings. The van der Waals surface area contributed by atoms with E-state index >= 15 is 0 Å². The Morgan fingerprint density at radius 3 is 2.73 bits per heavy atom. The molecule has 0 bridgehead atoms. The molecule has 0 heterocycles. The van der Waals surface area contributed by atoms with E-state index in [0.717, 1.165) is 6.42 Å². The second-order valence-corrected chi connectivity index (χ2v) is 2.17. The van der Waals surface area contributed by atoms with Gasteiger partial charge in [0.25, 0.3) is 5.91 Å². The van der Waals surface area contributed by atoms with Crippen molar-refractivity contribution in [2.75, 3.05) is 13.7 Å². The molecule has 3 nitrogen and oxygen atoms in total. The third-order valence-electron chi connectivity index (χ3n) is 1.11. The SMILES string of the molecule is C/C=C\C(=O)N(C)OCCC. The highest BCUT2D eigenvalue weighted by atomic mass is 16.7. The topological polar surface area (TPSA) is 29.5 Å². The van der Waals surface area contributed by atoms with E-state index < -0.39 is 0 Å². The fraction of sp³-hybridized carbons (Fsp3) is 0.625. The molecule has 3 heteroatoms. The minimum Gasteiger partial charge on any atom is -0.271 e. The van der Waals surface area contributed by atoms with Gasteiger partial charge in [0.05, 0.1) is 6.61 Å². The fourth-order valence-electron chi connectivity index (χ4n) is 0.539. The molecule has 0 saturated carbocycles. The van der Waals surface area contributed by atoms with Gasteiger partial charge in [-0.2, -0.15) is 0 Å². The quantitative estimate of drug-likeness (QED) is 0.455. The summed E-state index contributed by atoms with van der Waals surface area (Å²) >= 11 is 0. The molecule has 0 aromatic heterocycles. The van der Waals surface area contributed by atoms with Gasteiger partial charge in [-0.25, -0.2) is 5.06 Å². The highest BCUT2D eigenvalue weighted by Crippen LogP contribution is 1.90. The van der Waals surface area contributed by atoms with Gasteiger partial charge in [-0.15, -0.1) is 0 Å². The normalized spacial score (nSPS) is 10.5. The second-order valence-electron chi connectivity index (χ2n) is 2.17. The molecule has 0 aliphatic rings. The van der Waals surface area contributed by atoms with Crippen LogP contribution in [0.2, 0.25) is 0 Å². The maximum atomic E-state index is 11.0. The average molecular weight is 157 g/mol. The van der Waals surface area contributed by atoms with Crippen LogP contribution in [0, 0.1) is 0 Å². The molecule has 0 N–H and O–H groups in total. The predicted octanol–water partition coefficient (Wildman–Crippen LogP) is 1.36. The van der Waals surface area contributed by atoms with Gasteiger partial charge in [-0.1, -0.05) is 13.0 Å². The molecule has 64 valence electrons. The summed E-state index contributed by atoms with van der Waals surface area (Å²) in [5, 5.41) is 1.24. The molecule has 0 aliphatic carbocycles. The fourth-order valence-corrected chi connectivity index (χ4v) is 0.539. The van der Waals surface area contributed by atoms with Crippen molar-refractivity contribution in [2.24, 2.45) is 0 Å². The largest absolute Gasteiger partial charge is 0.271 e. The van der Waals surface area contributed by atoms with Gasteiger partial charge in [0, 0.05) is 13.1 Å². The molecule has 0 spiro atoms. The van der Waals surface area contributed by atoms with Crippen LogP contribution in [0.25, 0.3) is 0 Å². The van der Waals surface area contributed by atoms with Gasteiger partial charge in [0.15, 0.2) is 0 Å². The highest BCUT2D eigenvalue weighted by molar-refractivity contribution is 5.86. The van der Waals surface area contributed by atoms with Crippen molar-refractivity contribution in [3.8, 4) is 0 Å². The summed E-state index contributed by atoms with van der Waals surface area (Å²) in [5.41, 5.74) is 0. The van der Waals surface area contributed by atoms with Crippen LogP contribution in [0.15, 0.2) is 12.2 Å². The summed E-state index contributed by atoms with van der Waals surface area (Å²) in [7, 11) is 1.61. The number of hydrogen-bond acceptors (Lipinski definition) is 2. The Bertz CT molecular complexity index is 143. The Labute approximate surface area is 67.6 Å². The third kappa shape index (κ3) is 4.56. The van der Waals surface area contributed by atoms with Crippen LogP contribution in [0.5, 0.6) is 0 Å². The summed E-state index contributed by atoms with van der Waals surface area (Å²) < 4.78 is 0. The van der Waals surface area contributed by atoms with Crippen LogP contribution in [0.4, 0.5) is 0 Å². The van der Waals surface area contributed by atoms with E-state index in [1.807, 2.05) is 6.92 Å². The zero-order valence-corrected chi connectivity index (χ0v) is 7.33. The first-order valence-corrected chi connectivity index (χ1v) is 3.75. The number of carbonyl (C=O) groups is 1. The number of nitrogens with zero attached hydrogens (tertiary/aromatic N) is 1. The average Bonchev–Trinajstić information content (AvgIpc) is 2.00. The van der Waals surface area contributed by atoms with E-state index in [1.54, 1.807) is 20.0 Å². The van der Waals surface area contributed by atoms with Gasteiger partial charge in [0.2, 0.25) is 0 Å². The standard InChI is InChI=1S/C8H15NO2/c1-4-6-8(10)9(3)11-7-5-2/h4,6H,5,7H2,1-3H3/b6-4-. The molecule has 0 rings (SSSR count). The molecular weight excluding hydrogens is 142 g/mol. The number of allylic oxidation sites excluding steroid dienone is 1. The Morgan fingerprint density at radius 2 is 2.27 bits per heavy atom. The van der Waals surface area contributed by atoms with E-state index in [1.165, 1.54) is 11.1 Å². The minimum atomic E-state index is -0.124. The summed E-state index contributed by atoms with van der Waals surface area (Å²) in [6.45, 7) is 4.37. The Morgan fingerprint density at radius 1 is 1.64 bits per heavy atom. The number of amides is 1. The second kappa shape index (κ2) is 5.92. The Balaban J connectivity index is 3.64. The smallest absolute Gasteiger partial charge is 0.269 e. The zero-order valence-electron chi connectivity index (χ0n) is 7.33. The molecule has 0 unspecified atom stereocenters. The molecule has 0 saturated heterocycles. The van der Waals surface area contributed by atoms with Crippen molar-refractivity contribution in [1.82, 2.24) is 5.06 Å². The number of carbonyl (C=O) groups excluding carboxylic acids is 1. The van der Waals surface area contributed by atoms with Crippen LogP contribution < -0.4 is 0 Å². The lowest BCUT2D eigenvalue weighted by Crippen LogP contribution is -2.25. The van der Waals surface area contributed by atoms with Gasteiger partial charge >= 0.3 is 0 Å². The van der Waals surface area contributed by atoms with Crippen LogP contribution in [0.3, 0.4) is 0 Å². The van der Waals surface area contributed by atoms with E-state index in [9.17, 15) is 4.79 Å². The number of likely N-dealkylation sites (N-methyl/N-ethyl adjacent to an activating group) is 1. The van der Waals surface area contributed by atoms with Crippen LogP contribution >= 0.6 is 0 Å². The first-order chi connectivity index (χ1) is 5.22. The third-order valence-corrected chi connectivity index (χ3v) is 1.11. The molecule has 0 aromatic carbocycles. The van der Waals surface area contributed by atoms with Crippen LogP contribution in [0.1, 0.15) is 20.3 Å². The van der Waals surface area contributed by atoms with E-state index in [4.69, 9.17) is 4.84 Å². The van der Waals surface area contributed by atoms with Gasteiger partial charge in [0.1, 0.15) is 0 Å². The molecule has 0 aliphatic heterocycles. The maximum Gasteiger partial charge on any atom is 0.269 e. The van der Waals surface area contributed by atoms with Crippen molar-refractivity contribution in [3.63, 3.8) is 0 Å². The number of hydrogen-bond donors (Lipinski definition) is 0. The number of hydroxylamine groups is 2. The van der Waals surface area contributed by atoms with Crippen molar-refractivity contribution in [3.05, 3.63) is 12.2 Å². The summed E-state index contributed by atoms with van der Waals surface area (Å²) in [4.78, 5) is 16.0. The Kier molecular flexibility index (Phi) is 5.47. The molecule has 0 radical (unpaired) electrons. The first kappa shape index (κ1) is 10.2. The van der Waals surface area contributed by atoms with Crippen molar-refractivity contribution < 1.29 is 9.63 Å². The number of rotatable bonds is 4. The summed E-state index contributed by atoms with van der Waals surface area (Å²) in [6, 6.07) is 0. The Hall–Kier alpha value is -0.830. The first-order valence-electron chi connectivity index (χ1n) is 3.75. The molecule has 0 fully saturated rings. The van der Waals surface area contributed by atoms with Gasteiger partial charge in [-0.05, 0) is 13.3 Å².